The molecule has 0 bridgehead atoms. The van der Waals surface area contributed by atoms with Crippen molar-refractivity contribution < 1.29 is 23.9 Å². The third-order valence-corrected chi connectivity index (χ3v) is 5.79. The van der Waals surface area contributed by atoms with E-state index in [2.05, 4.69) is 5.32 Å². The molecular weight excluding hydrogens is 406 g/mol. The summed E-state index contributed by atoms with van der Waals surface area (Å²) < 4.78 is 10.5. The number of benzene rings is 1. The highest BCUT2D eigenvalue weighted by Gasteiger charge is 2.25. The lowest BCUT2D eigenvalue weighted by molar-refractivity contribution is -0.132. The Morgan fingerprint density at radius 3 is 2.33 bits per heavy atom. The molecule has 0 saturated carbocycles. The SMILES string of the molecule is COc1ccc(C(=O)N2CCN(C(=O)CCNC(=O)c3cccs3)CC2)cc1OC. The minimum absolute atomic E-state index is 0.0281. The Kier molecular flexibility index (Phi) is 7.29. The smallest absolute Gasteiger partial charge is 0.261 e. The molecule has 9 heteroatoms. The molecule has 2 aromatic rings. The molecule has 1 aliphatic rings. The van der Waals surface area contributed by atoms with Crippen molar-refractivity contribution in [3.8, 4) is 11.5 Å². The van der Waals surface area contributed by atoms with Crippen LogP contribution in [-0.2, 0) is 4.79 Å². The van der Waals surface area contributed by atoms with Gasteiger partial charge >= 0.3 is 0 Å². The predicted molar refractivity (Wildman–Crippen MR) is 113 cm³/mol. The molecule has 0 spiro atoms. The van der Waals surface area contributed by atoms with Crippen molar-refractivity contribution in [2.75, 3.05) is 46.9 Å². The Morgan fingerprint density at radius 2 is 1.70 bits per heavy atom. The number of piperazine rings is 1. The van der Waals surface area contributed by atoms with Gasteiger partial charge < -0.3 is 24.6 Å². The van der Waals surface area contributed by atoms with Crippen LogP contribution in [0.1, 0.15) is 26.5 Å². The largest absolute Gasteiger partial charge is 0.493 e. The van der Waals surface area contributed by atoms with E-state index in [0.29, 0.717) is 54.7 Å². The highest BCUT2D eigenvalue weighted by atomic mass is 32.1. The number of hydrogen-bond donors (Lipinski definition) is 1. The van der Waals surface area contributed by atoms with Gasteiger partial charge in [-0.25, -0.2) is 0 Å². The molecule has 30 heavy (non-hydrogen) atoms. The number of ether oxygens (including phenoxy) is 2. The Bertz CT molecular complexity index is 892. The molecule has 0 radical (unpaired) electrons. The van der Waals surface area contributed by atoms with Crippen LogP contribution in [0.2, 0.25) is 0 Å². The first-order valence-corrected chi connectivity index (χ1v) is 10.5. The van der Waals surface area contributed by atoms with Crippen LogP contribution in [0.5, 0.6) is 11.5 Å². The van der Waals surface area contributed by atoms with Crippen molar-refractivity contribution in [3.05, 3.63) is 46.2 Å². The average Bonchev–Trinajstić information content (AvgIpc) is 3.33. The first-order valence-electron chi connectivity index (χ1n) is 9.64. The second-order valence-corrected chi connectivity index (χ2v) is 7.67. The summed E-state index contributed by atoms with van der Waals surface area (Å²) in [5.74, 6) is 0.770. The normalized spacial score (nSPS) is 13.7. The minimum atomic E-state index is -0.164. The fraction of sp³-hybridized carbons (Fsp3) is 0.381. The lowest BCUT2D eigenvalue weighted by Gasteiger charge is -2.35. The fourth-order valence-electron chi connectivity index (χ4n) is 3.25. The molecule has 0 unspecified atom stereocenters. The Labute approximate surface area is 179 Å². The summed E-state index contributed by atoms with van der Waals surface area (Å²) in [6.45, 7) is 2.15. The molecule has 0 atom stereocenters. The van der Waals surface area contributed by atoms with E-state index in [1.54, 1.807) is 41.2 Å². The molecule has 3 rings (SSSR count). The van der Waals surface area contributed by atoms with E-state index in [-0.39, 0.29) is 24.1 Å². The number of carbonyl (C=O) groups excluding carboxylic acids is 3. The lowest BCUT2D eigenvalue weighted by atomic mass is 10.1. The van der Waals surface area contributed by atoms with Crippen LogP contribution >= 0.6 is 11.3 Å². The molecule has 1 aromatic carbocycles. The monoisotopic (exact) mass is 431 g/mol. The van der Waals surface area contributed by atoms with Crippen molar-refractivity contribution in [2.45, 2.75) is 6.42 Å². The van der Waals surface area contributed by atoms with Gasteiger partial charge in [-0.15, -0.1) is 11.3 Å². The van der Waals surface area contributed by atoms with Gasteiger partial charge in [0.15, 0.2) is 11.5 Å². The molecule has 0 aliphatic carbocycles. The molecule has 8 nitrogen and oxygen atoms in total. The van der Waals surface area contributed by atoms with E-state index in [1.165, 1.54) is 18.4 Å². The van der Waals surface area contributed by atoms with Gasteiger partial charge in [0.1, 0.15) is 0 Å². The summed E-state index contributed by atoms with van der Waals surface area (Å²) in [5, 5.41) is 4.60. The van der Waals surface area contributed by atoms with Gasteiger partial charge in [-0.1, -0.05) is 6.07 Å². The van der Waals surface area contributed by atoms with Crippen molar-refractivity contribution in [1.29, 1.82) is 0 Å². The van der Waals surface area contributed by atoms with Gasteiger partial charge in [0.25, 0.3) is 11.8 Å². The molecule has 3 amide bonds. The Hall–Kier alpha value is -3.07. The zero-order valence-electron chi connectivity index (χ0n) is 17.1. The van der Waals surface area contributed by atoms with Crippen molar-refractivity contribution >= 4 is 29.1 Å². The average molecular weight is 432 g/mol. The maximum Gasteiger partial charge on any atom is 0.261 e. The number of carbonyl (C=O) groups is 3. The molecule has 1 aromatic heterocycles. The molecule has 1 N–H and O–H groups in total. The van der Waals surface area contributed by atoms with Crippen LogP contribution in [0.4, 0.5) is 0 Å². The predicted octanol–water partition coefficient (Wildman–Crippen LogP) is 1.87. The molecule has 160 valence electrons. The summed E-state index contributed by atoms with van der Waals surface area (Å²) in [6.07, 6.45) is 0.237. The molecule has 1 saturated heterocycles. The van der Waals surface area contributed by atoms with Crippen LogP contribution < -0.4 is 14.8 Å². The summed E-state index contributed by atoms with van der Waals surface area (Å²) in [6, 6.07) is 8.63. The van der Waals surface area contributed by atoms with E-state index in [1.807, 2.05) is 11.4 Å². The number of nitrogens with zero attached hydrogens (tertiary/aromatic N) is 2. The lowest BCUT2D eigenvalue weighted by Crippen LogP contribution is -2.51. The van der Waals surface area contributed by atoms with Gasteiger partial charge in [-0.2, -0.15) is 0 Å². The van der Waals surface area contributed by atoms with Crippen LogP contribution in [0, 0.1) is 0 Å². The third-order valence-electron chi connectivity index (χ3n) is 4.92. The summed E-state index contributed by atoms with van der Waals surface area (Å²) in [7, 11) is 3.07. The highest BCUT2D eigenvalue weighted by molar-refractivity contribution is 7.12. The van der Waals surface area contributed by atoms with E-state index < -0.39 is 0 Å². The molecule has 1 fully saturated rings. The first-order chi connectivity index (χ1) is 14.5. The molecule has 1 aliphatic heterocycles. The maximum absolute atomic E-state index is 12.8. The van der Waals surface area contributed by atoms with Crippen LogP contribution in [0.15, 0.2) is 35.7 Å². The Balaban J connectivity index is 1.46. The fourth-order valence-corrected chi connectivity index (χ4v) is 3.89. The number of nitrogens with one attached hydrogen (secondary N) is 1. The van der Waals surface area contributed by atoms with Crippen LogP contribution in [0.25, 0.3) is 0 Å². The second kappa shape index (κ2) is 10.1. The number of thiophene rings is 1. The van der Waals surface area contributed by atoms with Gasteiger partial charge in [0, 0.05) is 44.7 Å². The zero-order chi connectivity index (χ0) is 21.5. The highest BCUT2D eigenvalue weighted by Crippen LogP contribution is 2.28. The van der Waals surface area contributed by atoms with E-state index in [4.69, 9.17) is 9.47 Å². The standard InChI is InChI=1S/C21H25N3O5S/c1-28-16-6-5-15(14-17(16)29-2)21(27)24-11-9-23(10-12-24)19(25)7-8-22-20(26)18-4-3-13-30-18/h3-6,13-14H,7-12H2,1-2H3,(H,22,26). The number of hydrogen-bond acceptors (Lipinski definition) is 6. The number of amides is 3. The topological polar surface area (TPSA) is 88.2 Å². The maximum atomic E-state index is 12.8. The van der Waals surface area contributed by atoms with Crippen LogP contribution in [0.3, 0.4) is 0 Å². The second-order valence-electron chi connectivity index (χ2n) is 6.73. The molecular formula is C21H25N3O5S. The third kappa shape index (κ3) is 5.10. The zero-order valence-corrected chi connectivity index (χ0v) is 17.9. The van der Waals surface area contributed by atoms with Gasteiger partial charge in [-0.3, -0.25) is 14.4 Å². The first kappa shape index (κ1) is 21.6. The number of rotatable bonds is 7. The molecule has 2 heterocycles. The van der Waals surface area contributed by atoms with Gasteiger partial charge in [0.05, 0.1) is 19.1 Å². The summed E-state index contributed by atoms with van der Waals surface area (Å²) >= 11 is 1.36. The van der Waals surface area contributed by atoms with Crippen molar-refractivity contribution in [3.63, 3.8) is 0 Å². The summed E-state index contributed by atoms with van der Waals surface area (Å²) in [4.78, 5) is 41.2. The summed E-state index contributed by atoms with van der Waals surface area (Å²) in [5.41, 5.74) is 0.517. The minimum Gasteiger partial charge on any atom is -0.493 e. The Morgan fingerprint density at radius 1 is 1.00 bits per heavy atom. The number of methoxy groups -OCH3 is 2. The van der Waals surface area contributed by atoms with Crippen molar-refractivity contribution in [2.24, 2.45) is 0 Å². The van der Waals surface area contributed by atoms with Gasteiger partial charge in [-0.05, 0) is 29.6 Å². The van der Waals surface area contributed by atoms with E-state index >= 15 is 0 Å². The van der Waals surface area contributed by atoms with E-state index in [0.717, 1.165) is 0 Å². The van der Waals surface area contributed by atoms with Crippen molar-refractivity contribution in [1.82, 2.24) is 15.1 Å². The van der Waals surface area contributed by atoms with E-state index in [9.17, 15) is 14.4 Å². The van der Waals surface area contributed by atoms with Gasteiger partial charge in [0.2, 0.25) is 5.91 Å². The quantitative estimate of drug-likeness (QED) is 0.723. The van der Waals surface area contributed by atoms with Crippen LogP contribution in [-0.4, -0.2) is 74.5 Å².